The van der Waals surface area contributed by atoms with Crippen LogP contribution in [0.1, 0.15) is 0 Å². The Hall–Kier alpha value is -3.04. The SMILES string of the molecule is Fc1ccc(-c2ccc3c(c2)sc2ccc(-c4ccccn4)cc23)cc1. The van der Waals surface area contributed by atoms with Gasteiger partial charge in [-0.15, -0.1) is 11.3 Å². The van der Waals surface area contributed by atoms with E-state index in [0.29, 0.717) is 0 Å². The molecule has 0 fully saturated rings. The Morgan fingerprint density at radius 1 is 0.654 bits per heavy atom. The topological polar surface area (TPSA) is 12.9 Å². The van der Waals surface area contributed by atoms with Crippen LogP contribution >= 0.6 is 11.3 Å². The van der Waals surface area contributed by atoms with Crippen LogP contribution in [0.5, 0.6) is 0 Å². The van der Waals surface area contributed by atoms with E-state index in [0.717, 1.165) is 22.4 Å². The predicted molar refractivity (Wildman–Crippen MR) is 108 cm³/mol. The summed E-state index contributed by atoms with van der Waals surface area (Å²) in [6.45, 7) is 0. The van der Waals surface area contributed by atoms with Gasteiger partial charge < -0.3 is 0 Å². The van der Waals surface area contributed by atoms with Crippen molar-refractivity contribution in [2.45, 2.75) is 0 Å². The molecule has 5 aromatic rings. The number of halogens is 1. The Bertz CT molecular complexity index is 1220. The molecule has 0 aliphatic heterocycles. The van der Waals surface area contributed by atoms with E-state index in [4.69, 9.17) is 0 Å². The number of hydrogen-bond donors (Lipinski definition) is 0. The van der Waals surface area contributed by atoms with Gasteiger partial charge in [0.15, 0.2) is 0 Å². The smallest absolute Gasteiger partial charge is 0.123 e. The Morgan fingerprint density at radius 2 is 1.46 bits per heavy atom. The second-order valence-electron chi connectivity index (χ2n) is 6.25. The lowest BCUT2D eigenvalue weighted by atomic mass is 10.0. The van der Waals surface area contributed by atoms with E-state index in [9.17, 15) is 4.39 Å². The molecule has 0 bridgehead atoms. The molecule has 0 spiro atoms. The average Bonchev–Trinajstić information content (AvgIpc) is 3.06. The van der Waals surface area contributed by atoms with Crippen LogP contribution in [0.2, 0.25) is 0 Å². The van der Waals surface area contributed by atoms with Crippen molar-refractivity contribution in [3.63, 3.8) is 0 Å². The Morgan fingerprint density at radius 3 is 2.27 bits per heavy atom. The number of fused-ring (bicyclic) bond motifs is 3. The highest BCUT2D eigenvalue weighted by atomic mass is 32.1. The fraction of sp³-hybridized carbons (Fsp3) is 0. The molecular weight excluding hydrogens is 341 g/mol. The van der Waals surface area contributed by atoms with E-state index >= 15 is 0 Å². The summed E-state index contributed by atoms with van der Waals surface area (Å²) in [6.07, 6.45) is 1.82. The van der Waals surface area contributed by atoms with Gasteiger partial charge in [-0.1, -0.05) is 36.4 Å². The molecule has 0 aliphatic rings. The molecule has 2 aromatic heterocycles. The molecular formula is C23H14FNS. The molecule has 2 heterocycles. The van der Waals surface area contributed by atoms with Gasteiger partial charge in [0.1, 0.15) is 5.82 Å². The highest BCUT2D eigenvalue weighted by Crippen LogP contribution is 2.38. The first kappa shape index (κ1) is 15.2. The highest BCUT2D eigenvalue weighted by molar-refractivity contribution is 7.25. The zero-order valence-corrected chi connectivity index (χ0v) is 14.6. The molecule has 26 heavy (non-hydrogen) atoms. The Balaban J connectivity index is 1.66. The van der Waals surface area contributed by atoms with Crippen molar-refractivity contribution in [3.05, 3.63) is 90.9 Å². The second-order valence-corrected chi connectivity index (χ2v) is 7.33. The van der Waals surface area contributed by atoms with Gasteiger partial charge in [0, 0.05) is 31.9 Å². The van der Waals surface area contributed by atoms with Crippen molar-refractivity contribution < 1.29 is 4.39 Å². The van der Waals surface area contributed by atoms with E-state index in [2.05, 4.69) is 41.4 Å². The fourth-order valence-corrected chi connectivity index (χ4v) is 4.42. The normalized spacial score (nSPS) is 11.3. The molecule has 0 aliphatic carbocycles. The molecule has 124 valence electrons. The van der Waals surface area contributed by atoms with Crippen LogP contribution < -0.4 is 0 Å². The first-order chi connectivity index (χ1) is 12.8. The lowest BCUT2D eigenvalue weighted by molar-refractivity contribution is 0.628. The summed E-state index contributed by atoms with van der Waals surface area (Å²) < 4.78 is 15.7. The minimum absolute atomic E-state index is 0.209. The lowest BCUT2D eigenvalue weighted by Crippen LogP contribution is -1.81. The van der Waals surface area contributed by atoms with E-state index in [1.165, 1.54) is 32.3 Å². The largest absolute Gasteiger partial charge is 0.256 e. The molecule has 3 heteroatoms. The molecule has 0 amide bonds. The number of rotatable bonds is 2. The summed E-state index contributed by atoms with van der Waals surface area (Å²) in [4.78, 5) is 4.45. The highest BCUT2D eigenvalue weighted by Gasteiger charge is 2.09. The minimum atomic E-state index is -0.209. The number of pyridine rings is 1. The van der Waals surface area contributed by atoms with Gasteiger partial charge in [0.25, 0.3) is 0 Å². The van der Waals surface area contributed by atoms with Crippen molar-refractivity contribution in [1.29, 1.82) is 0 Å². The molecule has 0 atom stereocenters. The van der Waals surface area contributed by atoms with Crippen molar-refractivity contribution >= 4 is 31.5 Å². The second kappa shape index (κ2) is 6.04. The van der Waals surface area contributed by atoms with Crippen LogP contribution in [-0.2, 0) is 0 Å². The summed E-state index contributed by atoms with van der Waals surface area (Å²) in [7, 11) is 0. The maximum atomic E-state index is 13.2. The lowest BCUT2D eigenvalue weighted by Gasteiger charge is -2.03. The van der Waals surface area contributed by atoms with Crippen LogP contribution in [0, 0.1) is 5.82 Å². The maximum Gasteiger partial charge on any atom is 0.123 e. The molecule has 0 saturated heterocycles. The van der Waals surface area contributed by atoms with E-state index < -0.39 is 0 Å². The molecule has 0 unspecified atom stereocenters. The van der Waals surface area contributed by atoms with Crippen molar-refractivity contribution in [1.82, 2.24) is 4.98 Å². The minimum Gasteiger partial charge on any atom is -0.256 e. The third kappa shape index (κ3) is 2.57. The van der Waals surface area contributed by atoms with Crippen molar-refractivity contribution in [3.8, 4) is 22.4 Å². The molecule has 0 N–H and O–H groups in total. The van der Waals surface area contributed by atoms with Gasteiger partial charge in [-0.05, 0) is 53.6 Å². The number of nitrogens with zero attached hydrogens (tertiary/aromatic N) is 1. The molecule has 3 aromatic carbocycles. The van der Waals surface area contributed by atoms with Gasteiger partial charge in [0.05, 0.1) is 5.69 Å². The van der Waals surface area contributed by atoms with Crippen molar-refractivity contribution in [2.75, 3.05) is 0 Å². The predicted octanol–water partition coefficient (Wildman–Crippen LogP) is 6.92. The monoisotopic (exact) mass is 355 g/mol. The molecule has 0 saturated carbocycles. The summed E-state index contributed by atoms with van der Waals surface area (Å²) >= 11 is 1.78. The summed E-state index contributed by atoms with van der Waals surface area (Å²) in [5, 5.41) is 2.49. The zero-order valence-electron chi connectivity index (χ0n) is 13.8. The third-order valence-corrected chi connectivity index (χ3v) is 5.74. The van der Waals surface area contributed by atoms with Gasteiger partial charge in [-0.3, -0.25) is 4.98 Å². The van der Waals surface area contributed by atoms with E-state index in [1.54, 1.807) is 11.3 Å². The zero-order chi connectivity index (χ0) is 17.5. The van der Waals surface area contributed by atoms with Crippen molar-refractivity contribution in [2.24, 2.45) is 0 Å². The Labute approximate surface area is 154 Å². The summed E-state index contributed by atoms with van der Waals surface area (Å²) in [5.74, 6) is -0.209. The van der Waals surface area contributed by atoms with E-state index in [-0.39, 0.29) is 5.82 Å². The summed E-state index contributed by atoms with van der Waals surface area (Å²) in [5.41, 5.74) is 4.24. The quantitative estimate of drug-likeness (QED) is 0.335. The molecule has 5 rings (SSSR count). The van der Waals surface area contributed by atoms with Gasteiger partial charge in [0.2, 0.25) is 0 Å². The summed E-state index contributed by atoms with van der Waals surface area (Å²) in [6, 6.07) is 25.6. The fourth-order valence-electron chi connectivity index (χ4n) is 3.29. The van der Waals surface area contributed by atoms with Crippen LogP contribution in [0.3, 0.4) is 0 Å². The standard InChI is InChI=1S/C23H14FNS/c24-18-8-4-15(5-9-18)16-6-10-19-20-13-17(21-3-1-2-12-25-21)7-11-22(20)26-23(19)14-16/h1-14H. The average molecular weight is 355 g/mol. The first-order valence-corrected chi connectivity index (χ1v) is 9.23. The van der Waals surface area contributed by atoms with Crippen LogP contribution in [0.25, 0.3) is 42.6 Å². The number of hydrogen-bond acceptors (Lipinski definition) is 2. The van der Waals surface area contributed by atoms with Gasteiger partial charge >= 0.3 is 0 Å². The molecule has 1 nitrogen and oxygen atoms in total. The third-order valence-electron chi connectivity index (χ3n) is 4.61. The number of thiophene rings is 1. The van der Waals surface area contributed by atoms with E-state index in [1.807, 2.05) is 36.5 Å². The van der Waals surface area contributed by atoms with Gasteiger partial charge in [-0.2, -0.15) is 0 Å². The molecule has 0 radical (unpaired) electrons. The van der Waals surface area contributed by atoms with Gasteiger partial charge in [-0.25, -0.2) is 4.39 Å². The number of aromatic nitrogens is 1. The number of benzene rings is 3. The Kier molecular flexibility index (Phi) is 3.54. The van der Waals surface area contributed by atoms with Crippen LogP contribution in [0.15, 0.2) is 85.1 Å². The van der Waals surface area contributed by atoms with Crippen LogP contribution in [-0.4, -0.2) is 4.98 Å². The first-order valence-electron chi connectivity index (χ1n) is 8.42. The maximum absolute atomic E-state index is 13.2. The van der Waals surface area contributed by atoms with Crippen LogP contribution in [0.4, 0.5) is 4.39 Å².